The second-order valence-corrected chi connectivity index (χ2v) is 6.48. The number of rotatable bonds is 6. The van der Waals surface area contributed by atoms with E-state index in [-0.39, 0.29) is 5.91 Å². The summed E-state index contributed by atoms with van der Waals surface area (Å²) in [7, 11) is 0. The highest BCUT2D eigenvalue weighted by molar-refractivity contribution is 7.16. The Morgan fingerprint density at radius 1 is 1.45 bits per heavy atom. The van der Waals surface area contributed by atoms with Crippen molar-refractivity contribution in [2.45, 2.75) is 39.7 Å². The molecule has 1 saturated carbocycles. The van der Waals surface area contributed by atoms with E-state index < -0.39 is 12.0 Å². The molecule has 5 nitrogen and oxygen atoms in total. The number of carbonyl (C=O) groups excluding carboxylic acids is 2. The van der Waals surface area contributed by atoms with Crippen molar-refractivity contribution in [3.63, 3.8) is 0 Å². The van der Waals surface area contributed by atoms with Gasteiger partial charge in [-0.3, -0.25) is 9.59 Å². The van der Waals surface area contributed by atoms with Crippen LogP contribution < -0.4 is 11.1 Å². The Hall–Kier alpha value is -1.40. The number of anilines is 1. The van der Waals surface area contributed by atoms with Crippen molar-refractivity contribution in [1.29, 1.82) is 0 Å². The van der Waals surface area contributed by atoms with Crippen LogP contribution in [0.3, 0.4) is 0 Å². The Balaban J connectivity index is 2.02. The van der Waals surface area contributed by atoms with Gasteiger partial charge in [0.25, 0.3) is 11.8 Å². The van der Waals surface area contributed by atoms with Crippen molar-refractivity contribution in [2.24, 2.45) is 11.7 Å². The van der Waals surface area contributed by atoms with Crippen LogP contribution >= 0.6 is 11.3 Å². The largest absolute Gasteiger partial charge is 0.368 e. The van der Waals surface area contributed by atoms with E-state index in [0.717, 1.165) is 10.4 Å². The third-order valence-electron chi connectivity index (χ3n) is 3.52. The molecular weight excluding hydrogens is 276 g/mol. The van der Waals surface area contributed by atoms with Crippen molar-refractivity contribution in [3.05, 3.63) is 16.0 Å². The Labute approximate surface area is 122 Å². The molecule has 1 heterocycles. The summed E-state index contributed by atoms with van der Waals surface area (Å²) < 4.78 is 5.51. The molecular formula is C14H20N2O3S. The Morgan fingerprint density at radius 2 is 2.10 bits per heavy atom. The molecule has 1 aliphatic carbocycles. The summed E-state index contributed by atoms with van der Waals surface area (Å²) in [6.45, 7) is 6.07. The van der Waals surface area contributed by atoms with E-state index in [1.807, 2.05) is 13.8 Å². The first-order valence-corrected chi connectivity index (χ1v) is 7.54. The standard InChI is InChI=1S/C14H20N2O3S/c1-7-9(3)20-14(11(7)12(15)17)16-13(18)8(2)19-6-10-4-5-10/h8,10H,4-6H2,1-3H3,(H2,15,17)(H,16,18). The molecule has 1 aromatic rings. The van der Waals surface area contributed by atoms with E-state index in [4.69, 9.17) is 10.5 Å². The molecule has 0 bridgehead atoms. The number of carbonyl (C=O) groups is 2. The second kappa shape index (κ2) is 5.93. The molecule has 1 unspecified atom stereocenters. The molecule has 6 heteroatoms. The zero-order valence-electron chi connectivity index (χ0n) is 12.0. The first-order chi connectivity index (χ1) is 9.40. The Bertz CT molecular complexity index is 535. The number of nitrogens with two attached hydrogens (primary N) is 1. The molecule has 1 atom stereocenters. The van der Waals surface area contributed by atoms with Crippen LogP contribution in [0, 0.1) is 19.8 Å². The van der Waals surface area contributed by atoms with Crippen LogP contribution in [0.2, 0.25) is 0 Å². The SMILES string of the molecule is Cc1sc(NC(=O)C(C)OCC2CC2)c(C(N)=O)c1C. The first-order valence-electron chi connectivity index (χ1n) is 6.72. The van der Waals surface area contributed by atoms with Crippen LogP contribution in [-0.2, 0) is 9.53 Å². The van der Waals surface area contributed by atoms with Crippen molar-refractivity contribution < 1.29 is 14.3 Å². The topological polar surface area (TPSA) is 81.4 Å². The minimum Gasteiger partial charge on any atom is -0.368 e. The zero-order valence-corrected chi connectivity index (χ0v) is 12.8. The van der Waals surface area contributed by atoms with Crippen LogP contribution in [0.4, 0.5) is 5.00 Å². The number of ether oxygens (including phenoxy) is 1. The molecule has 3 N–H and O–H groups in total. The zero-order chi connectivity index (χ0) is 14.9. The number of hydrogen-bond acceptors (Lipinski definition) is 4. The summed E-state index contributed by atoms with van der Waals surface area (Å²) in [5.41, 5.74) is 6.59. The average Bonchev–Trinajstić information content (AvgIpc) is 3.14. The summed E-state index contributed by atoms with van der Waals surface area (Å²) in [6, 6.07) is 0. The molecule has 2 amide bonds. The van der Waals surface area contributed by atoms with Crippen LogP contribution in [-0.4, -0.2) is 24.5 Å². The van der Waals surface area contributed by atoms with Crippen molar-refractivity contribution in [2.75, 3.05) is 11.9 Å². The maximum absolute atomic E-state index is 12.1. The van der Waals surface area contributed by atoms with E-state index in [2.05, 4.69) is 5.32 Å². The lowest BCUT2D eigenvalue weighted by molar-refractivity contribution is -0.126. The number of primary amides is 1. The molecule has 20 heavy (non-hydrogen) atoms. The lowest BCUT2D eigenvalue weighted by Gasteiger charge is -2.12. The van der Waals surface area contributed by atoms with Gasteiger partial charge in [-0.25, -0.2) is 0 Å². The molecule has 1 fully saturated rings. The third kappa shape index (κ3) is 3.37. The van der Waals surface area contributed by atoms with Gasteiger partial charge in [0.15, 0.2) is 0 Å². The number of aryl methyl sites for hydroxylation is 1. The third-order valence-corrected chi connectivity index (χ3v) is 4.64. The molecule has 0 saturated heterocycles. The van der Waals surface area contributed by atoms with Gasteiger partial charge in [0.05, 0.1) is 12.2 Å². The molecule has 0 aromatic carbocycles. The maximum atomic E-state index is 12.1. The van der Waals surface area contributed by atoms with Gasteiger partial charge in [0, 0.05) is 4.88 Å². The van der Waals surface area contributed by atoms with Gasteiger partial charge in [-0.05, 0) is 45.1 Å². The van der Waals surface area contributed by atoms with E-state index in [1.165, 1.54) is 24.2 Å². The van der Waals surface area contributed by atoms with Gasteiger partial charge in [-0.1, -0.05) is 0 Å². The monoisotopic (exact) mass is 296 g/mol. The molecule has 0 spiro atoms. The minimum absolute atomic E-state index is 0.241. The highest BCUT2D eigenvalue weighted by Crippen LogP contribution is 2.32. The summed E-state index contributed by atoms with van der Waals surface area (Å²) in [5, 5.41) is 3.26. The molecule has 2 rings (SSSR count). The molecule has 1 aliphatic rings. The summed E-state index contributed by atoms with van der Waals surface area (Å²) in [6.07, 6.45) is 1.84. The molecule has 110 valence electrons. The molecule has 0 aliphatic heterocycles. The normalized spacial score (nSPS) is 15.9. The van der Waals surface area contributed by atoms with Gasteiger partial charge < -0.3 is 15.8 Å². The Morgan fingerprint density at radius 3 is 2.65 bits per heavy atom. The first kappa shape index (κ1) is 15.0. The molecule has 1 aromatic heterocycles. The van der Waals surface area contributed by atoms with Crippen LogP contribution in [0.15, 0.2) is 0 Å². The van der Waals surface area contributed by atoms with Gasteiger partial charge in [-0.15, -0.1) is 11.3 Å². The van der Waals surface area contributed by atoms with E-state index in [9.17, 15) is 9.59 Å². The maximum Gasteiger partial charge on any atom is 0.253 e. The fourth-order valence-corrected chi connectivity index (χ4v) is 2.93. The predicted octanol–water partition coefficient (Wildman–Crippen LogP) is 2.22. The van der Waals surface area contributed by atoms with E-state index in [0.29, 0.717) is 23.1 Å². The van der Waals surface area contributed by atoms with E-state index >= 15 is 0 Å². The second-order valence-electron chi connectivity index (χ2n) is 5.26. The van der Waals surface area contributed by atoms with Crippen molar-refractivity contribution >= 4 is 28.2 Å². The Kier molecular flexibility index (Phi) is 4.45. The lowest BCUT2D eigenvalue weighted by Crippen LogP contribution is -2.29. The van der Waals surface area contributed by atoms with Crippen LogP contribution in [0.1, 0.15) is 40.6 Å². The van der Waals surface area contributed by atoms with Crippen molar-refractivity contribution in [3.8, 4) is 0 Å². The molecule has 0 radical (unpaired) electrons. The minimum atomic E-state index is -0.529. The van der Waals surface area contributed by atoms with Crippen LogP contribution in [0.25, 0.3) is 0 Å². The number of amides is 2. The number of thiophene rings is 1. The smallest absolute Gasteiger partial charge is 0.253 e. The number of hydrogen-bond donors (Lipinski definition) is 2. The van der Waals surface area contributed by atoms with Gasteiger partial charge >= 0.3 is 0 Å². The fraction of sp³-hybridized carbons (Fsp3) is 0.571. The van der Waals surface area contributed by atoms with E-state index in [1.54, 1.807) is 6.92 Å². The number of nitrogens with one attached hydrogen (secondary N) is 1. The quantitative estimate of drug-likeness (QED) is 0.844. The highest BCUT2D eigenvalue weighted by atomic mass is 32.1. The highest BCUT2D eigenvalue weighted by Gasteiger charge is 2.25. The van der Waals surface area contributed by atoms with Gasteiger partial charge in [0.2, 0.25) is 0 Å². The van der Waals surface area contributed by atoms with Gasteiger partial charge in [0.1, 0.15) is 11.1 Å². The summed E-state index contributed by atoms with van der Waals surface area (Å²) in [4.78, 5) is 24.5. The fourth-order valence-electron chi connectivity index (χ4n) is 1.87. The summed E-state index contributed by atoms with van der Waals surface area (Å²) in [5.74, 6) is -0.152. The summed E-state index contributed by atoms with van der Waals surface area (Å²) >= 11 is 1.36. The average molecular weight is 296 g/mol. The van der Waals surface area contributed by atoms with Gasteiger partial charge in [-0.2, -0.15) is 0 Å². The van der Waals surface area contributed by atoms with Crippen LogP contribution in [0.5, 0.6) is 0 Å². The van der Waals surface area contributed by atoms with Crippen molar-refractivity contribution in [1.82, 2.24) is 0 Å². The predicted molar refractivity (Wildman–Crippen MR) is 79.1 cm³/mol. The lowest BCUT2D eigenvalue weighted by atomic mass is 10.1.